The van der Waals surface area contributed by atoms with Crippen LogP contribution in [-0.4, -0.2) is 48.6 Å². The maximum atomic E-state index is 12.8. The molecule has 2 N–H and O–H groups in total. The van der Waals surface area contributed by atoms with Gasteiger partial charge in [0.1, 0.15) is 0 Å². The fourth-order valence-electron chi connectivity index (χ4n) is 3.20. The van der Waals surface area contributed by atoms with Gasteiger partial charge in [-0.2, -0.15) is 0 Å². The van der Waals surface area contributed by atoms with Crippen molar-refractivity contribution in [3.05, 3.63) is 29.8 Å². The molecule has 0 radical (unpaired) electrons. The monoisotopic (exact) mass is 382 g/mol. The molecular weight excluding hydrogens is 356 g/mol. The van der Waals surface area contributed by atoms with Gasteiger partial charge in [0.2, 0.25) is 10.0 Å². The third kappa shape index (κ3) is 5.72. The molecule has 1 unspecified atom stereocenters. The molecule has 1 aliphatic rings. The summed E-state index contributed by atoms with van der Waals surface area (Å²) in [5.41, 5.74) is 0.904. The summed E-state index contributed by atoms with van der Waals surface area (Å²) in [5, 5.41) is 8.89. The van der Waals surface area contributed by atoms with Crippen LogP contribution in [0.3, 0.4) is 0 Å². The Morgan fingerprint density at radius 1 is 1.23 bits per heavy atom. The van der Waals surface area contributed by atoms with Crippen LogP contribution in [0.2, 0.25) is 0 Å². The molecule has 1 aromatic carbocycles. The van der Waals surface area contributed by atoms with Crippen molar-refractivity contribution in [2.45, 2.75) is 51.5 Å². The van der Waals surface area contributed by atoms with E-state index in [0.29, 0.717) is 30.6 Å². The van der Waals surface area contributed by atoms with Crippen molar-refractivity contribution in [1.29, 1.82) is 0 Å². The number of rotatable bonds is 8. The Hall–Kier alpha value is -2.09. The number of hydrogen-bond acceptors (Lipinski definition) is 4. The molecule has 26 heavy (non-hydrogen) atoms. The molecule has 0 saturated carbocycles. The lowest BCUT2D eigenvalue weighted by molar-refractivity contribution is -0.137. The summed E-state index contributed by atoms with van der Waals surface area (Å²) in [6.07, 6.45) is 3.74. The van der Waals surface area contributed by atoms with Crippen LogP contribution in [0.1, 0.15) is 55.8 Å². The van der Waals surface area contributed by atoms with E-state index >= 15 is 0 Å². The predicted molar refractivity (Wildman–Crippen MR) is 99.7 cm³/mol. The van der Waals surface area contributed by atoms with Gasteiger partial charge in [0, 0.05) is 30.3 Å². The van der Waals surface area contributed by atoms with Gasteiger partial charge >= 0.3 is 5.97 Å². The number of carbonyl (C=O) groups excluding carboxylic acids is 1. The van der Waals surface area contributed by atoms with Crippen LogP contribution in [0.5, 0.6) is 0 Å². The number of carboxylic acids is 1. The van der Waals surface area contributed by atoms with Gasteiger partial charge in [-0.15, -0.1) is 0 Å². The van der Waals surface area contributed by atoms with Gasteiger partial charge in [0.05, 0.1) is 5.75 Å². The first kappa shape index (κ1) is 20.2. The highest BCUT2D eigenvalue weighted by molar-refractivity contribution is 7.92. The first-order valence-electron chi connectivity index (χ1n) is 8.95. The summed E-state index contributed by atoms with van der Waals surface area (Å²) in [5.74, 6) is -0.943. The van der Waals surface area contributed by atoms with Crippen molar-refractivity contribution in [3.63, 3.8) is 0 Å². The number of aliphatic carboxylic acids is 1. The minimum Gasteiger partial charge on any atom is -0.481 e. The number of carbonyl (C=O) groups is 2. The van der Waals surface area contributed by atoms with Crippen molar-refractivity contribution >= 4 is 27.6 Å². The molecule has 1 aliphatic heterocycles. The largest absolute Gasteiger partial charge is 0.481 e. The summed E-state index contributed by atoms with van der Waals surface area (Å²) in [6, 6.07) is 6.31. The summed E-state index contributed by atoms with van der Waals surface area (Å²) < 4.78 is 26.1. The van der Waals surface area contributed by atoms with Crippen LogP contribution in [0, 0.1) is 0 Å². The van der Waals surface area contributed by atoms with Crippen molar-refractivity contribution in [1.82, 2.24) is 4.90 Å². The predicted octanol–water partition coefficient (Wildman–Crippen LogP) is 2.70. The summed E-state index contributed by atoms with van der Waals surface area (Å²) in [7, 11) is -3.36. The molecule has 8 heteroatoms. The molecule has 1 saturated heterocycles. The number of nitrogens with zero attached hydrogens (tertiary/aromatic N) is 1. The van der Waals surface area contributed by atoms with E-state index in [4.69, 9.17) is 5.11 Å². The molecule has 1 amide bonds. The van der Waals surface area contributed by atoms with Crippen molar-refractivity contribution in [3.8, 4) is 0 Å². The van der Waals surface area contributed by atoms with E-state index in [2.05, 4.69) is 4.72 Å². The van der Waals surface area contributed by atoms with Crippen LogP contribution in [0.15, 0.2) is 24.3 Å². The lowest BCUT2D eigenvalue weighted by Gasteiger charge is -2.35. The zero-order chi connectivity index (χ0) is 19.2. The van der Waals surface area contributed by atoms with Gasteiger partial charge < -0.3 is 10.0 Å². The number of carboxylic acid groups (broad SMARTS) is 1. The van der Waals surface area contributed by atoms with E-state index in [1.165, 1.54) is 0 Å². The number of sulfonamides is 1. The highest BCUT2D eigenvalue weighted by Crippen LogP contribution is 2.23. The first-order chi connectivity index (χ1) is 12.3. The molecule has 144 valence electrons. The Labute approximate surface area is 154 Å². The van der Waals surface area contributed by atoms with Gasteiger partial charge in [-0.1, -0.05) is 6.92 Å². The van der Waals surface area contributed by atoms with Crippen molar-refractivity contribution in [2.75, 3.05) is 17.0 Å². The molecule has 2 rings (SSSR count). The third-order valence-electron chi connectivity index (χ3n) is 4.46. The minimum absolute atomic E-state index is 0.0482. The lowest BCUT2D eigenvalue weighted by atomic mass is 9.97. The fourth-order valence-corrected chi connectivity index (χ4v) is 4.34. The third-order valence-corrected chi connectivity index (χ3v) is 5.95. The van der Waals surface area contributed by atoms with Crippen LogP contribution < -0.4 is 4.72 Å². The molecule has 1 aromatic rings. The van der Waals surface area contributed by atoms with Crippen molar-refractivity contribution < 1.29 is 23.1 Å². The minimum atomic E-state index is -3.36. The maximum Gasteiger partial charge on any atom is 0.303 e. The fraction of sp³-hybridized carbons (Fsp3) is 0.556. The number of amides is 1. The molecule has 0 spiro atoms. The molecule has 1 atom stereocenters. The summed E-state index contributed by atoms with van der Waals surface area (Å²) in [4.78, 5) is 25.4. The molecule has 1 fully saturated rings. The van der Waals surface area contributed by atoms with Crippen LogP contribution in [0.4, 0.5) is 5.69 Å². The highest BCUT2D eigenvalue weighted by Gasteiger charge is 2.27. The normalized spacial score (nSPS) is 17.7. The second kappa shape index (κ2) is 9.02. The Morgan fingerprint density at radius 2 is 1.92 bits per heavy atom. The van der Waals surface area contributed by atoms with Crippen LogP contribution in [-0.2, 0) is 14.8 Å². The van der Waals surface area contributed by atoms with Gasteiger partial charge in [0.15, 0.2) is 0 Å². The number of anilines is 1. The Kier molecular flexibility index (Phi) is 7.02. The Balaban J connectivity index is 2.06. The van der Waals surface area contributed by atoms with Gasteiger partial charge in [-0.3, -0.25) is 14.3 Å². The van der Waals surface area contributed by atoms with Crippen molar-refractivity contribution in [2.24, 2.45) is 0 Å². The van der Waals surface area contributed by atoms with E-state index in [0.717, 1.165) is 19.3 Å². The first-order valence-corrected chi connectivity index (χ1v) is 10.6. The number of nitrogens with one attached hydrogen (secondary N) is 1. The quantitative estimate of drug-likeness (QED) is 0.719. The second-order valence-electron chi connectivity index (χ2n) is 6.58. The van der Waals surface area contributed by atoms with Crippen LogP contribution >= 0.6 is 0 Å². The number of piperidine rings is 1. The molecule has 0 bridgehead atoms. The smallest absolute Gasteiger partial charge is 0.303 e. The molecular formula is C18H26N2O5S. The molecule has 0 aromatic heterocycles. The van der Waals surface area contributed by atoms with E-state index in [9.17, 15) is 18.0 Å². The number of likely N-dealkylation sites (tertiary alicyclic amines) is 1. The maximum absolute atomic E-state index is 12.8. The van der Waals surface area contributed by atoms with Gasteiger partial charge in [0.25, 0.3) is 5.91 Å². The zero-order valence-electron chi connectivity index (χ0n) is 15.0. The Morgan fingerprint density at radius 3 is 2.54 bits per heavy atom. The summed E-state index contributed by atoms with van der Waals surface area (Å²) in [6.45, 7) is 2.41. The van der Waals surface area contributed by atoms with E-state index < -0.39 is 16.0 Å². The molecule has 0 aliphatic carbocycles. The number of hydrogen-bond donors (Lipinski definition) is 2. The average molecular weight is 382 g/mol. The average Bonchev–Trinajstić information content (AvgIpc) is 2.60. The second-order valence-corrected chi connectivity index (χ2v) is 8.42. The van der Waals surface area contributed by atoms with Gasteiger partial charge in [-0.05, 0) is 56.4 Å². The Bertz CT molecular complexity index is 730. The topological polar surface area (TPSA) is 104 Å². The van der Waals surface area contributed by atoms with Gasteiger partial charge in [-0.25, -0.2) is 8.42 Å². The zero-order valence-corrected chi connectivity index (χ0v) is 15.8. The van der Waals surface area contributed by atoms with Crippen LogP contribution in [0.25, 0.3) is 0 Å². The number of benzene rings is 1. The standard InChI is InChI=1S/C18H26N2O5S/c1-2-13-26(24,25)19-15-8-6-14(7-9-15)18(23)20-12-4-3-5-16(20)10-11-17(21)22/h6-9,16,19H,2-5,10-13H2,1H3,(H,21,22). The van der Waals surface area contributed by atoms with E-state index in [1.807, 2.05) is 0 Å². The van der Waals surface area contributed by atoms with E-state index in [-0.39, 0.29) is 24.1 Å². The van der Waals surface area contributed by atoms with E-state index in [1.54, 1.807) is 36.1 Å². The SMILES string of the molecule is CCCS(=O)(=O)Nc1ccc(C(=O)N2CCCCC2CCC(=O)O)cc1. The molecule has 1 heterocycles. The molecule has 7 nitrogen and oxygen atoms in total. The lowest BCUT2D eigenvalue weighted by Crippen LogP contribution is -2.43. The highest BCUT2D eigenvalue weighted by atomic mass is 32.2. The summed E-state index contributed by atoms with van der Waals surface area (Å²) >= 11 is 0.